The van der Waals surface area contributed by atoms with Crippen LogP contribution in [0.15, 0.2) is 58.8 Å². The number of hydrogen-bond donors (Lipinski definition) is 0. The molecule has 4 rings (SSSR count). The molecule has 8 heteroatoms. The summed E-state index contributed by atoms with van der Waals surface area (Å²) < 4.78 is 1.92. The van der Waals surface area contributed by atoms with Crippen LogP contribution in [0.25, 0.3) is 11.4 Å². The molecular formula is C20H21N5OS2. The largest absolute Gasteiger partial charge is 0.311 e. The average molecular weight is 412 g/mol. The number of pyridine rings is 1. The molecule has 0 aliphatic carbocycles. The molecule has 28 heavy (non-hydrogen) atoms. The number of hydrogen-bond acceptors (Lipinski definition) is 6. The minimum absolute atomic E-state index is 0.0978. The van der Waals surface area contributed by atoms with Gasteiger partial charge < -0.3 is 9.47 Å². The lowest BCUT2D eigenvalue weighted by Gasteiger charge is -2.22. The molecule has 0 fully saturated rings. The Morgan fingerprint density at radius 3 is 2.82 bits per heavy atom. The Hall–Kier alpha value is -2.32. The number of anilines is 1. The molecule has 1 atom stereocenters. The van der Waals surface area contributed by atoms with Gasteiger partial charge in [-0.3, -0.25) is 9.78 Å². The summed E-state index contributed by atoms with van der Waals surface area (Å²) in [7, 11) is 1.92. The maximum Gasteiger partial charge on any atom is 0.237 e. The highest BCUT2D eigenvalue weighted by Crippen LogP contribution is 2.37. The molecule has 1 aliphatic heterocycles. The van der Waals surface area contributed by atoms with Crippen molar-refractivity contribution in [2.45, 2.75) is 28.6 Å². The Bertz CT molecular complexity index is 976. The molecule has 0 spiro atoms. The second-order valence-corrected chi connectivity index (χ2v) is 9.04. The molecule has 1 unspecified atom stereocenters. The number of amides is 1. The van der Waals surface area contributed by atoms with Gasteiger partial charge in [-0.1, -0.05) is 30.8 Å². The van der Waals surface area contributed by atoms with Crippen molar-refractivity contribution in [3.05, 3.63) is 48.8 Å². The van der Waals surface area contributed by atoms with E-state index in [1.165, 1.54) is 16.7 Å². The van der Waals surface area contributed by atoms with Crippen LogP contribution in [-0.2, 0) is 11.8 Å². The first-order valence-corrected chi connectivity index (χ1v) is 11.0. The number of para-hydroxylation sites is 1. The third kappa shape index (κ3) is 3.93. The molecule has 0 bridgehead atoms. The highest BCUT2D eigenvalue weighted by atomic mass is 32.2. The smallest absolute Gasteiger partial charge is 0.237 e. The predicted molar refractivity (Wildman–Crippen MR) is 114 cm³/mol. The fraction of sp³-hybridized carbons (Fsp3) is 0.300. The minimum atomic E-state index is 0.0978. The molecule has 3 aromatic rings. The third-order valence-corrected chi connectivity index (χ3v) is 6.88. The molecule has 3 heterocycles. The molecular weight excluding hydrogens is 390 g/mol. The minimum Gasteiger partial charge on any atom is -0.311 e. The molecule has 0 saturated carbocycles. The predicted octanol–water partition coefficient (Wildman–Crippen LogP) is 3.89. The Balaban J connectivity index is 1.49. The lowest BCUT2D eigenvalue weighted by molar-refractivity contribution is -0.116. The molecule has 144 valence electrons. The van der Waals surface area contributed by atoms with Crippen LogP contribution in [0.5, 0.6) is 0 Å². The molecule has 0 saturated heterocycles. The van der Waals surface area contributed by atoms with E-state index in [0.29, 0.717) is 11.0 Å². The summed E-state index contributed by atoms with van der Waals surface area (Å²) in [6, 6.07) is 12.0. The van der Waals surface area contributed by atoms with Crippen LogP contribution >= 0.6 is 23.5 Å². The van der Waals surface area contributed by atoms with Gasteiger partial charge in [-0.05, 0) is 30.7 Å². The van der Waals surface area contributed by atoms with Gasteiger partial charge in [0.2, 0.25) is 5.91 Å². The van der Waals surface area contributed by atoms with Crippen LogP contribution in [0, 0.1) is 0 Å². The first-order chi connectivity index (χ1) is 13.6. The molecule has 1 aromatic carbocycles. The number of carbonyl (C=O) groups is 1. The summed E-state index contributed by atoms with van der Waals surface area (Å²) in [6.45, 7) is 2.95. The van der Waals surface area contributed by atoms with Crippen molar-refractivity contribution in [1.29, 1.82) is 0 Å². The second kappa shape index (κ2) is 8.36. The number of carbonyl (C=O) groups excluding carboxylic acids is 1. The van der Waals surface area contributed by atoms with Gasteiger partial charge in [0, 0.05) is 41.7 Å². The Morgan fingerprint density at radius 2 is 2.00 bits per heavy atom. The average Bonchev–Trinajstić information content (AvgIpc) is 2.99. The number of nitrogens with zero attached hydrogens (tertiary/aromatic N) is 5. The fourth-order valence-electron chi connectivity index (χ4n) is 3.14. The highest BCUT2D eigenvalue weighted by molar-refractivity contribution is 8.00. The van der Waals surface area contributed by atoms with Gasteiger partial charge in [0.1, 0.15) is 0 Å². The molecule has 1 aliphatic rings. The van der Waals surface area contributed by atoms with Gasteiger partial charge in [-0.25, -0.2) is 0 Å². The van der Waals surface area contributed by atoms with E-state index < -0.39 is 0 Å². The van der Waals surface area contributed by atoms with Gasteiger partial charge in [0.15, 0.2) is 11.0 Å². The zero-order chi connectivity index (χ0) is 19.5. The zero-order valence-corrected chi connectivity index (χ0v) is 17.4. The highest BCUT2D eigenvalue weighted by Gasteiger charge is 2.24. The van der Waals surface area contributed by atoms with Crippen molar-refractivity contribution in [3.8, 4) is 11.4 Å². The lowest BCUT2D eigenvalue weighted by Crippen LogP contribution is -2.33. The molecule has 6 nitrogen and oxygen atoms in total. The summed E-state index contributed by atoms with van der Waals surface area (Å²) >= 11 is 3.26. The molecule has 0 N–H and O–H groups in total. The van der Waals surface area contributed by atoms with E-state index in [0.717, 1.165) is 35.2 Å². The van der Waals surface area contributed by atoms with E-state index in [2.05, 4.69) is 28.2 Å². The zero-order valence-electron chi connectivity index (χ0n) is 15.8. The van der Waals surface area contributed by atoms with Gasteiger partial charge in [0.25, 0.3) is 0 Å². The third-order valence-electron chi connectivity index (χ3n) is 4.64. The maximum atomic E-state index is 13.0. The second-order valence-electron chi connectivity index (χ2n) is 6.62. The monoisotopic (exact) mass is 411 g/mol. The SMILES string of the molecule is CC1CCN(C(=O)CSc2nnc(-c3ccncc3)n2C)c2ccccc2S1. The number of thioether (sulfide) groups is 2. The normalized spacial score (nSPS) is 16.5. The maximum absolute atomic E-state index is 13.0. The van der Waals surface area contributed by atoms with Crippen molar-refractivity contribution >= 4 is 35.1 Å². The molecule has 2 aromatic heterocycles. The van der Waals surface area contributed by atoms with Crippen LogP contribution in [0.1, 0.15) is 13.3 Å². The number of rotatable bonds is 4. The van der Waals surface area contributed by atoms with Gasteiger partial charge in [-0.15, -0.1) is 22.0 Å². The summed E-state index contributed by atoms with van der Waals surface area (Å²) in [6.07, 6.45) is 4.44. The van der Waals surface area contributed by atoms with Crippen molar-refractivity contribution in [3.63, 3.8) is 0 Å². The Labute approximate surface area is 172 Å². The van der Waals surface area contributed by atoms with E-state index in [4.69, 9.17) is 0 Å². The quantitative estimate of drug-likeness (QED) is 0.607. The molecule has 0 radical (unpaired) electrons. The van der Waals surface area contributed by atoms with Crippen LogP contribution in [-0.4, -0.2) is 43.2 Å². The molecule has 1 amide bonds. The van der Waals surface area contributed by atoms with Crippen molar-refractivity contribution in [2.75, 3.05) is 17.2 Å². The van der Waals surface area contributed by atoms with E-state index in [1.54, 1.807) is 12.4 Å². The van der Waals surface area contributed by atoms with Crippen molar-refractivity contribution < 1.29 is 4.79 Å². The summed E-state index contributed by atoms with van der Waals surface area (Å²) in [4.78, 5) is 20.1. The lowest BCUT2D eigenvalue weighted by atomic mass is 10.2. The van der Waals surface area contributed by atoms with Crippen LogP contribution < -0.4 is 4.90 Å². The van der Waals surface area contributed by atoms with Crippen molar-refractivity contribution in [1.82, 2.24) is 19.7 Å². The summed E-state index contributed by atoms with van der Waals surface area (Å²) in [5.74, 6) is 1.19. The van der Waals surface area contributed by atoms with Crippen LogP contribution in [0.2, 0.25) is 0 Å². The first kappa shape index (κ1) is 19.0. The van der Waals surface area contributed by atoms with Gasteiger partial charge in [0.05, 0.1) is 11.4 Å². The van der Waals surface area contributed by atoms with Gasteiger partial charge >= 0.3 is 0 Å². The number of fused-ring (bicyclic) bond motifs is 1. The standard InChI is InChI=1S/C20H21N5OS2/c1-14-9-12-25(16-5-3-4-6-17(16)28-14)18(26)13-27-20-23-22-19(24(20)2)15-7-10-21-11-8-15/h3-8,10-11,14H,9,12-13H2,1-2H3. The summed E-state index contributed by atoms with van der Waals surface area (Å²) in [5, 5.41) is 9.76. The van der Waals surface area contributed by atoms with E-state index >= 15 is 0 Å². The van der Waals surface area contributed by atoms with Crippen LogP contribution in [0.3, 0.4) is 0 Å². The summed E-state index contributed by atoms with van der Waals surface area (Å²) in [5.41, 5.74) is 1.97. The fourth-order valence-corrected chi connectivity index (χ4v) is 5.04. The van der Waals surface area contributed by atoms with E-state index in [9.17, 15) is 4.79 Å². The van der Waals surface area contributed by atoms with E-state index in [-0.39, 0.29) is 5.91 Å². The van der Waals surface area contributed by atoms with Crippen LogP contribution in [0.4, 0.5) is 5.69 Å². The Morgan fingerprint density at radius 1 is 1.21 bits per heavy atom. The number of aromatic nitrogens is 4. The Kier molecular flexibility index (Phi) is 5.68. The van der Waals surface area contributed by atoms with Gasteiger partial charge in [-0.2, -0.15) is 0 Å². The first-order valence-electron chi connectivity index (χ1n) is 9.12. The topological polar surface area (TPSA) is 63.9 Å². The van der Waals surface area contributed by atoms with E-state index in [1.807, 2.05) is 58.6 Å². The number of benzene rings is 1. The van der Waals surface area contributed by atoms with Crippen molar-refractivity contribution in [2.24, 2.45) is 7.05 Å².